The van der Waals surface area contributed by atoms with Gasteiger partial charge in [-0.05, 0) is 36.2 Å². The summed E-state index contributed by atoms with van der Waals surface area (Å²) >= 11 is 0. The zero-order valence-corrected chi connectivity index (χ0v) is 16.6. The Morgan fingerprint density at radius 3 is 2.10 bits per heavy atom. The summed E-state index contributed by atoms with van der Waals surface area (Å²) < 4.78 is 14.7. The van der Waals surface area contributed by atoms with Crippen molar-refractivity contribution < 1.29 is 9.18 Å². The van der Waals surface area contributed by atoms with Gasteiger partial charge in [-0.2, -0.15) is 0 Å². The maximum Gasteiger partial charge on any atom is 0.229 e. The SMILES string of the molecule is C[C@@H](C(=O)N1CCN(c2ccccc2)CC1)c1ccc(-c2ccccc2)c(F)c1. The summed E-state index contributed by atoms with van der Waals surface area (Å²) in [5, 5.41) is 0. The van der Waals surface area contributed by atoms with E-state index in [9.17, 15) is 9.18 Å². The molecule has 3 nitrogen and oxygen atoms in total. The van der Waals surface area contributed by atoms with Gasteiger partial charge in [0.25, 0.3) is 0 Å². The fourth-order valence-corrected chi connectivity index (χ4v) is 3.89. The lowest BCUT2D eigenvalue weighted by Crippen LogP contribution is -2.49. The number of hydrogen-bond donors (Lipinski definition) is 0. The Labute approximate surface area is 171 Å². The maximum absolute atomic E-state index is 14.7. The summed E-state index contributed by atoms with van der Waals surface area (Å²) in [6.07, 6.45) is 0. The Hall–Kier alpha value is -3.14. The van der Waals surface area contributed by atoms with Gasteiger partial charge >= 0.3 is 0 Å². The van der Waals surface area contributed by atoms with Crippen LogP contribution in [0.15, 0.2) is 78.9 Å². The number of hydrogen-bond acceptors (Lipinski definition) is 2. The maximum atomic E-state index is 14.7. The zero-order valence-electron chi connectivity index (χ0n) is 16.6. The van der Waals surface area contributed by atoms with E-state index < -0.39 is 0 Å². The van der Waals surface area contributed by atoms with Crippen LogP contribution in [0.5, 0.6) is 0 Å². The Bertz CT molecular complexity index is 967. The molecule has 0 radical (unpaired) electrons. The number of anilines is 1. The molecule has 0 N–H and O–H groups in total. The highest BCUT2D eigenvalue weighted by atomic mass is 19.1. The van der Waals surface area contributed by atoms with Crippen molar-refractivity contribution in [2.75, 3.05) is 31.1 Å². The molecule has 3 aromatic carbocycles. The third-order valence-electron chi connectivity index (χ3n) is 5.66. The lowest BCUT2D eigenvalue weighted by atomic mass is 9.95. The summed E-state index contributed by atoms with van der Waals surface area (Å²) in [5.41, 5.74) is 3.31. The molecule has 1 aliphatic heterocycles. The molecular weight excluding hydrogens is 363 g/mol. The van der Waals surface area contributed by atoms with Crippen LogP contribution in [0.3, 0.4) is 0 Å². The first-order valence-electron chi connectivity index (χ1n) is 10.1. The molecular formula is C25H25FN2O. The number of halogens is 1. The summed E-state index contributed by atoms with van der Waals surface area (Å²) in [5.74, 6) is -0.593. The average Bonchev–Trinajstić information content (AvgIpc) is 2.79. The molecule has 148 valence electrons. The van der Waals surface area contributed by atoms with Crippen molar-refractivity contribution in [3.63, 3.8) is 0 Å². The van der Waals surface area contributed by atoms with Crippen molar-refractivity contribution in [2.24, 2.45) is 0 Å². The minimum atomic E-state index is -0.363. The molecule has 29 heavy (non-hydrogen) atoms. The van der Waals surface area contributed by atoms with Crippen LogP contribution in [0.1, 0.15) is 18.4 Å². The van der Waals surface area contributed by atoms with E-state index in [4.69, 9.17) is 0 Å². The highest BCUT2D eigenvalue weighted by Crippen LogP contribution is 2.27. The highest BCUT2D eigenvalue weighted by molar-refractivity contribution is 5.84. The van der Waals surface area contributed by atoms with E-state index >= 15 is 0 Å². The number of para-hydroxylation sites is 1. The smallest absolute Gasteiger partial charge is 0.229 e. The fourth-order valence-electron chi connectivity index (χ4n) is 3.89. The molecule has 4 rings (SSSR count). The molecule has 0 spiro atoms. The molecule has 4 heteroatoms. The van der Waals surface area contributed by atoms with Gasteiger partial charge in [-0.1, -0.05) is 60.7 Å². The second-order valence-corrected chi connectivity index (χ2v) is 7.47. The van der Waals surface area contributed by atoms with Crippen molar-refractivity contribution in [3.05, 3.63) is 90.2 Å². The molecule has 0 unspecified atom stereocenters. The summed E-state index contributed by atoms with van der Waals surface area (Å²) in [7, 11) is 0. The zero-order chi connectivity index (χ0) is 20.2. The highest BCUT2D eigenvalue weighted by Gasteiger charge is 2.26. The monoisotopic (exact) mass is 388 g/mol. The number of carbonyl (C=O) groups excluding carboxylic acids is 1. The summed E-state index contributed by atoms with van der Waals surface area (Å²) in [6, 6.07) is 24.9. The summed E-state index contributed by atoms with van der Waals surface area (Å²) in [4.78, 5) is 17.2. The van der Waals surface area contributed by atoms with Crippen molar-refractivity contribution in [1.82, 2.24) is 4.90 Å². The van der Waals surface area contributed by atoms with Gasteiger partial charge in [-0.3, -0.25) is 4.79 Å². The van der Waals surface area contributed by atoms with Crippen LogP contribution in [-0.2, 0) is 4.79 Å². The third kappa shape index (κ3) is 4.16. The number of amides is 1. The van der Waals surface area contributed by atoms with Gasteiger partial charge in [-0.15, -0.1) is 0 Å². The first kappa shape index (κ1) is 19.2. The molecule has 1 heterocycles. The number of carbonyl (C=O) groups is 1. The minimum Gasteiger partial charge on any atom is -0.368 e. The lowest BCUT2D eigenvalue weighted by molar-refractivity contribution is -0.132. The topological polar surface area (TPSA) is 23.6 Å². The second-order valence-electron chi connectivity index (χ2n) is 7.47. The normalized spacial score (nSPS) is 15.2. The summed E-state index contributed by atoms with van der Waals surface area (Å²) in [6.45, 7) is 4.85. The first-order valence-corrected chi connectivity index (χ1v) is 10.1. The van der Waals surface area contributed by atoms with Crippen LogP contribution in [0.4, 0.5) is 10.1 Å². The van der Waals surface area contributed by atoms with Gasteiger partial charge in [0, 0.05) is 37.4 Å². The minimum absolute atomic E-state index is 0.0598. The van der Waals surface area contributed by atoms with E-state index in [2.05, 4.69) is 17.0 Å². The van der Waals surface area contributed by atoms with Gasteiger partial charge in [-0.25, -0.2) is 4.39 Å². The van der Waals surface area contributed by atoms with Gasteiger partial charge in [0.05, 0.1) is 5.92 Å². The second kappa shape index (κ2) is 8.48. The van der Waals surface area contributed by atoms with Crippen LogP contribution in [0, 0.1) is 5.82 Å². The van der Waals surface area contributed by atoms with Crippen LogP contribution in [0.2, 0.25) is 0 Å². The molecule has 0 bridgehead atoms. The Balaban J connectivity index is 1.43. The molecule has 0 aliphatic carbocycles. The van der Waals surface area contributed by atoms with Crippen LogP contribution < -0.4 is 4.90 Å². The van der Waals surface area contributed by atoms with Crippen molar-refractivity contribution in [3.8, 4) is 11.1 Å². The quantitative estimate of drug-likeness (QED) is 0.632. The Morgan fingerprint density at radius 1 is 0.862 bits per heavy atom. The molecule has 1 amide bonds. The molecule has 0 aromatic heterocycles. The molecule has 1 saturated heterocycles. The molecule has 1 aliphatic rings. The predicted octanol–water partition coefficient (Wildman–Crippen LogP) is 4.95. The number of nitrogens with zero attached hydrogens (tertiary/aromatic N) is 2. The van der Waals surface area contributed by atoms with Crippen LogP contribution in [0.25, 0.3) is 11.1 Å². The lowest BCUT2D eigenvalue weighted by Gasteiger charge is -2.37. The van der Waals surface area contributed by atoms with Crippen LogP contribution in [-0.4, -0.2) is 37.0 Å². The number of piperazine rings is 1. The number of rotatable bonds is 4. The molecule has 0 saturated carbocycles. The van der Waals surface area contributed by atoms with Gasteiger partial charge in [0.1, 0.15) is 5.82 Å². The van der Waals surface area contributed by atoms with Crippen molar-refractivity contribution in [2.45, 2.75) is 12.8 Å². The van der Waals surface area contributed by atoms with E-state index in [1.807, 2.05) is 66.4 Å². The molecule has 1 fully saturated rings. The van der Waals surface area contributed by atoms with Gasteiger partial charge < -0.3 is 9.80 Å². The third-order valence-corrected chi connectivity index (χ3v) is 5.66. The largest absolute Gasteiger partial charge is 0.368 e. The Morgan fingerprint density at radius 2 is 1.48 bits per heavy atom. The van der Waals surface area contributed by atoms with Crippen LogP contribution >= 0.6 is 0 Å². The predicted molar refractivity (Wildman–Crippen MR) is 115 cm³/mol. The van der Waals surface area contributed by atoms with E-state index in [-0.39, 0.29) is 17.6 Å². The molecule has 3 aromatic rings. The van der Waals surface area contributed by atoms with E-state index in [0.29, 0.717) is 18.7 Å². The van der Waals surface area contributed by atoms with Gasteiger partial charge in [0.15, 0.2) is 0 Å². The average molecular weight is 388 g/mol. The molecule has 1 atom stereocenters. The van der Waals surface area contributed by atoms with Crippen molar-refractivity contribution >= 4 is 11.6 Å². The Kier molecular flexibility index (Phi) is 5.61. The van der Waals surface area contributed by atoms with Gasteiger partial charge in [0.2, 0.25) is 5.91 Å². The fraction of sp³-hybridized carbons (Fsp3) is 0.240. The van der Waals surface area contributed by atoms with E-state index in [1.165, 1.54) is 11.8 Å². The first-order chi connectivity index (χ1) is 14.1. The van der Waals surface area contributed by atoms with Crippen molar-refractivity contribution in [1.29, 1.82) is 0 Å². The van der Waals surface area contributed by atoms with E-state index in [0.717, 1.165) is 24.2 Å². The number of benzene rings is 3. The van der Waals surface area contributed by atoms with E-state index in [1.54, 1.807) is 6.07 Å². The standard InChI is InChI=1S/C25H25FN2O/c1-19(21-12-13-23(24(26)18-21)20-8-4-2-5-9-20)25(29)28-16-14-27(15-17-28)22-10-6-3-7-11-22/h2-13,18-19H,14-17H2,1H3/t19-/m1/s1.